The molecule has 2 amide bonds. The lowest BCUT2D eigenvalue weighted by atomic mass is 10.1. The highest BCUT2D eigenvalue weighted by Crippen LogP contribution is 2.37. The minimum Gasteiger partial charge on any atom is -0.493 e. The topological polar surface area (TPSA) is 81.7 Å². The number of fused-ring (bicyclic) bond motifs is 1. The van der Waals surface area contributed by atoms with Gasteiger partial charge in [0.05, 0.1) is 19.2 Å². The number of aromatic nitrogens is 1. The van der Waals surface area contributed by atoms with Crippen molar-refractivity contribution < 1.29 is 23.4 Å². The number of nitrogens with zero attached hydrogens (tertiary/aromatic N) is 1. The van der Waals surface area contributed by atoms with Crippen LogP contribution in [-0.4, -0.2) is 36.8 Å². The molecule has 2 aromatic carbocycles. The number of hydrogen-bond donors (Lipinski definition) is 2. The molecule has 0 aliphatic heterocycles. The largest absolute Gasteiger partial charge is 0.493 e. The van der Waals surface area contributed by atoms with Crippen molar-refractivity contribution >= 4 is 16.9 Å². The SMILES string of the molecule is COc1cc2c(Oc3ccccc3F)ccnc2cc1OCCCNC(=O)NC(C)(C)C. The van der Waals surface area contributed by atoms with Gasteiger partial charge in [-0.2, -0.15) is 0 Å². The number of rotatable bonds is 8. The fourth-order valence-electron chi connectivity index (χ4n) is 2.98. The van der Waals surface area contributed by atoms with Crippen molar-refractivity contribution in [1.82, 2.24) is 15.6 Å². The molecule has 0 saturated carbocycles. The van der Waals surface area contributed by atoms with Crippen LogP contribution in [0.1, 0.15) is 27.2 Å². The van der Waals surface area contributed by atoms with Crippen LogP contribution in [-0.2, 0) is 0 Å². The lowest BCUT2D eigenvalue weighted by Crippen LogP contribution is -2.46. The number of methoxy groups -OCH3 is 1. The van der Waals surface area contributed by atoms with E-state index in [9.17, 15) is 9.18 Å². The zero-order valence-corrected chi connectivity index (χ0v) is 18.7. The van der Waals surface area contributed by atoms with Gasteiger partial charge in [0.15, 0.2) is 23.1 Å². The lowest BCUT2D eigenvalue weighted by Gasteiger charge is -2.20. The van der Waals surface area contributed by atoms with Crippen molar-refractivity contribution in [2.24, 2.45) is 0 Å². The van der Waals surface area contributed by atoms with Crippen molar-refractivity contribution in [2.45, 2.75) is 32.7 Å². The van der Waals surface area contributed by atoms with Gasteiger partial charge in [-0.05, 0) is 51.5 Å². The molecule has 0 bridgehead atoms. The number of benzene rings is 2. The summed E-state index contributed by atoms with van der Waals surface area (Å²) in [5.74, 6) is 1.16. The third-order valence-corrected chi connectivity index (χ3v) is 4.40. The summed E-state index contributed by atoms with van der Waals surface area (Å²) in [5, 5.41) is 6.30. The Morgan fingerprint density at radius 1 is 1.06 bits per heavy atom. The molecule has 7 nitrogen and oxygen atoms in total. The van der Waals surface area contributed by atoms with Gasteiger partial charge in [-0.1, -0.05) is 12.1 Å². The summed E-state index contributed by atoms with van der Waals surface area (Å²) in [6.07, 6.45) is 2.20. The first-order chi connectivity index (χ1) is 15.3. The van der Waals surface area contributed by atoms with Crippen molar-refractivity contribution in [2.75, 3.05) is 20.3 Å². The molecular formula is C24H28FN3O4. The fourth-order valence-corrected chi connectivity index (χ4v) is 2.98. The van der Waals surface area contributed by atoms with Crippen LogP contribution in [0.2, 0.25) is 0 Å². The highest BCUT2D eigenvalue weighted by molar-refractivity contribution is 5.88. The molecule has 3 aromatic rings. The Balaban J connectivity index is 1.67. The lowest BCUT2D eigenvalue weighted by molar-refractivity contribution is 0.230. The summed E-state index contributed by atoms with van der Waals surface area (Å²) in [4.78, 5) is 16.2. The quantitative estimate of drug-likeness (QED) is 0.479. The smallest absolute Gasteiger partial charge is 0.315 e. The van der Waals surface area contributed by atoms with E-state index in [0.29, 0.717) is 47.7 Å². The summed E-state index contributed by atoms with van der Waals surface area (Å²) >= 11 is 0. The van der Waals surface area contributed by atoms with Crippen LogP contribution >= 0.6 is 0 Å². The number of halogens is 1. The highest BCUT2D eigenvalue weighted by Gasteiger charge is 2.14. The Hall–Kier alpha value is -3.55. The maximum absolute atomic E-state index is 14.0. The predicted molar refractivity (Wildman–Crippen MR) is 121 cm³/mol. The van der Waals surface area contributed by atoms with E-state index in [2.05, 4.69) is 15.6 Å². The van der Waals surface area contributed by atoms with Crippen LogP contribution in [0.25, 0.3) is 10.9 Å². The minimum atomic E-state index is -0.450. The molecule has 0 aliphatic carbocycles. The van der Waals surface area contributed by atoms with Crippen LogP contribution in [0, 0.1) is 5.82 Å². The third kappa shape index (κ3) is 6.23. The molecule has 0 spiro atoms. The zero-order chi connectivity index (χ0) is 23.1. The Kier molecular flexibility index (Phi) is 7.35. The van der Waals surface area contributed by atoms with Gasteiger partial charge in [0, 0.05) is 29.7 Å². The Morgan fingerprint density at radius 3 is 2.56 bits per heavy atom. The van der Waals surface area contributed by atoms with Crippen molar-refractivity contribution in [3.63, 3.8) is 0 Å². The maximum Gasteiger partial charge on any atom is 0.315 e. The highest BCUT2D eigenvalue weighted by atomic mass is 19.1. The molecule has 8 heteroatoms. The Morgan fingerprint density at radius 2 is 1.84 bits per heavy atom. The number of carbonyl (C=O) groups is 1. The standard InChI is InChI=1S/C24H28FN3O4/c1-24(2,3)28-23(29)27-11-7-13-31-22-15-18-16(14-21(22)30-4)19(10-12-26-18)32-20-9-6-5-8-17(20)25/h5-6,8-10,12,14-15H,7,11,13H2,1-4H3,(H2,27,28,29). The Labute approximate surface area is 186 Å². The second-order valence-corrected chi connectivity index (χ2v) is 8.19. The summed E-state index contributed by atoms with van der Waals surface area (Å²) in [6.45, 7) is 6.60. The second-order valence-electron chi connectivity index (χ2n) is 8.19. The van der Waals surface area contributed by atoms with E-state index < -0.39 is 5.82 Å². The van der Waals surface area contributed by atoms with E-state index in [1.165, 1.54) is 6.07 Å². The molecule has 32 heavy (non-hydrogen) atoms. The first-order valence-electron chi connectivity index (χ1n) is 10.3. The number of hydrogen-bond acceptors (Lipinski definition) is 5. The van der Waals surface area contributed by atoms with Gasteiger partial charge in [0.2, 0.25) is 0 Å². The molecule has 0 atom stereocenters. The van der Waals surface area contributed by atoms with Crippen molar-refractivity contribution in [1.29, 1.82) is 0 Å². The number of carbonyl (C=O) groups excluding carboxylic acids is 1. The maximum atomic E-state index is 14.0. The van der Waals surface area contributed by atoms with Crippen LogP contribution < -0.4 is 24.8 Å². The van der Waals surface area contributed by atoms with Crippen LogP contribution in [0.3, 0.4) is 0 Å². The van der Waals surface area contributed by atoms with Crippen LogP contribution in [0.5, 0.6) is 23.0 Å². The van der Waals surface area contributed by atoms with E-state index in [4.69, 9.17) is 14.2 Å². The Bertz CT molecular complexity index is 1080. The third-order valence-electron chi connectivity index (χ3n) is 4.40. The minimum absolute atomic E-state index is 0.127. The fraction of sp³-hybridized carbons (Fsp3) is 0.333. The van der Waals surface area contributed by atoms with Gasteiger partial charge in [0.25, 0.3) is 0 Å². The number of urea groups is 1. The molecule has 1 heterocycles. The molecule has 170 valence electrons. The molecule has 0 aliphatic rings. The monoisotopic (exact) mass is 441 g/mol. The molecule has 0 radical (unpaired) electrons. The van der Waals surface area contributed by atoms with Gasteiger partial charge < -0.3 is 24.8 Å². The average molecular weight is 442 g/mol. The molecule has 0 unspecified atom stereocenters. The van der Waals surface area contributed by atoms with Crippen LogP contribution in [0.4, 0.5) is 9.18 Å². The molecule has 0 fully saturated rings. The zero-order valence-electron chi connectivity index (χ0n) is 18.7. The van der Waals surface area contributed by atoms with Gasteiger partial charge in [0.1, 0.15) is 5.75 Å². The number of amides is 2. The molecular weight excluding hydrogens is 413 g/mol. The number of pyridine rings is 1. The number of nitrogens with one attached hydrogen (secondary N) is 2. The predicted octanol–water partition coefficient (Wildman–Crippen LogP) is 5.04. The number of para-hydroxylation sites is 1. The summed E-state index contributed by atoms with van der Waals surface area (Å²) in [6, 6.07) is 11.2. The van der Waals surface area contributed by atoms with Crippen LogP contribution in [0.15, 0.2) is 48.7 Å². The first-order valence-corrected chi connectivity index (χ1v) is 10.3. The van der Waals surface area contributed by atoms with E-state index in [0.717, 1.165) is 0 Å². The van der Waals surface area contributed by atoms with E-state index >= 15 is 0 Å². The van der Waals surface area contributed by atoms with Gasteiger partial charge in [-0.15, -0.1) is 0 Å². The van der Waals surface area contributed by atoms with Gasteiger partial charge in [-0.25, -0.2) is 9.18 Å². The van der Waals surface area contributed by atoms with E-state index in [-0.39, 0.29) is 17.3 Å². The number of ether oxygens (including phenoxy) is 3. The van der Waals surface area contributed by atoms with E-state index in [1.54, 1.807) is 49.7 Å². The molecule has 3 rings (SSSR count). The molecule has 0 saturated heterocycles. The summed E-state index contributed by atoms with van der Waals surface area (Å²) in [7, 11) is 1.54. The van der Waals surface area contributed by atoms with Gasteiger partial charge in [-0.3, -0.25) is 4.98 Å². The summed E-state index contributed by atoms with van der Waals surface area (Å²) < 4.78 is 31.1. The first kappa shape index (κ1) is 23.1. The van der Waals surface area contributed by atoms with Gasteiger partial charge >= 0.3 is 6.03 Å². The summed E-state index contributed by atoms with van der Waals surface area (Å²) in [5.41, 5.74) is 0.332. The molecule has 2 N–H and O–H groups in total. The van der Waals surface area contributed by atoms with Crippen molar-refractivity contribution in [3.8, 4) is 23.0 Å². The van der Waals surface area contributed by atoms with Crippen molar-refractivity contribution in [3.05, 3.63) is 54.5 Å². The average Bonchev–Trinajstić information content (AvgIpc) is 2.73. The molecule has 1 aromatic heterocycles. The normalized spacial score (nSPS) is 11.2. The second kappa shape index (κ2) is 10.2. The van der Waals surface area contributed by atoms with E-state index in [1.807, 2.05) is 20.8 Å².